The van der Waals surface area contributed by atoms with Crippen molar-refractivity contribution in [3.05, 3.63) is 60.2 Å². The minimum atomic E-state index is -0.0517. The summed E-state index contributed by atoms with van der Waals surface area (Å²) in [6.45, 7) is 3.03. The molecule has 2 aromatic carbocycles. The molecule has 0 aliphatic heterocycles. The normalized spacial score (nSPS) is 20.0. The summed E-state index contributed by atoms with van der Waals surface area (Å²) in [6.07, 6.45) is 6.32. The fourth-order valence-corrected chi connectivity index (χ4v) is 3.53. The highest BCUT2D eigenvalue weighted by Gasteiger charge is 2.21. The lowest BCUT2D eigenvalue weighted by molar-refractivity contribution is 0.0939. The standard InChI is InChI=1S/C22H27NO2/c1-2-17-12-14-18(15-13-17)16-23-22(24)20-10-6-7-11-21(20)25-19-8-4-3-5-9-19/h3-11,17-18H,2,12-16H2,1H3,(H,23,24). The van der Waals surface area contributed by atoms with Crippen molar-refractivity contribution >= 4 is 5.91 Å². The van der Waals surface area contributed by atoms with Crippen LogP contribution in [0.4, 0.5) is 0 Å². The molecule has 3 rings (SSSR count). The third-order valence-corrected chi connectivity index (χ3v) is 5.20. The van der Waals surface area contributed by atoms with E-state index in [1.165, 1.54) is 32.1 Å². The van der Waals surface area contributed by atoms with Gasteiger partial charge in [-0.2, -0.15) is 0 Å². The highest BCUT2D eigenvalue weighted by atomic mass is 16.5. The van der Waals surface area contributed by atoms with Crippen LogP contribution in [0, 0.1) is 11.8 Å². The average Bonchev–Trinajstić information content (AvgIpc) is 2.68. The number of nitrogens with one attached hydrogen (secondary N) is 1. The summed E-state index contributed by atoms with van der Waals surface area (Å²) in [5, 5.41) is 3.11. The van der Waals surface area contributed by atoms with E-state index < -0.39 is 0 Å². The molecule has 3 heteroatoms. The van der Waals surface area contributed by atoms with Crippen molar-refractivity contribution in [2.45, 2.75) is 39.0 Å². The van der Waals surface area contributed by atoms with Gasteiger partial charge in [0, 0.05) is 6.54 Å². The van der Waals surface area contributed by atoms with Crippen LogP contribution in [0.2, 0.25) is 0 Å². The summed E-state index contributed by atoms with van der Waals surface area (Å²) < 4.78 is 5.89. The quantitative estimate of drug-likeness (QED) is 0.764. The van der Waals surface area contributed by atoms with E-state index in [1.54, 1.807) is 0 Å². The van der Waals surface area contributed by atoms with Crippen LogP contribution >= 0.6 is 0 Å². The second-order valence-electron chi connectivity index (χ2n) is 6.92. The zero-order valence-corrected chi connectivity index (χ0v) is 14.9. The van der Waals surface area contributed by atoms with Gasteiger partial charge in [-0.05, 0) is 48.9 Å². The average molecular weight is 337 g/mol. The Morgan fingerprint density at radius 3 is 2.32 bits per heavy atom. The van der Waals surface area contributed by atoms with Crippen molar-refractivity contribution in [3.63, 3.8) is 0 Å². The summed E-state index contributed by atoms with van der Waals surface area (Å²) in [4.78, 5) is 12.6. The molecule has 25 heavy (non-hydrogen) atoms. The maximum absolute atomic E-state index is 12.6. The van der Waals surface area contributed by atoms with Crippen LogP contribution in [-0.4, -0.2) is 12.5 Å². The fraction of sp³-hybridized carbons (Fsp3) is 0.409. The number of hydrogen-bond acceptors (Lipinski definition) is 2. The molecule has 1 fully saturated rings. The van der Waals surface area contributed by atoms with Gasteiger partial charge in [-0.25, -0.2) is 0 Å². The minimum absolute atomic E-state index is 0.0517. The van der Waals surface area contributed by atoms with Crippen LogP contribution in [0.5, 0.6) is 11.5 Å². The second kappa shape index (κ2) is 8.70. The molecule has 3 nitrogen and oxygen atoms in total. The predicted octanol–water partition coefficient (Wildman–Crippen LogP) is 5.43. The zero-order chi connectivity index (χ0) is 17.5. The molecule has 0 atom stereocenters. The van der Waals surface area contributed by atoms with E-state index in [9.17, 15) is 4.79 Å². The highest BCUT2D eigenvalue weighted by Crippen LogP contribution is 2.30. The van der Waals surface area contributed by atoms with Crippen LogP contribution < -0.4 is 10.1 Å². The molecule has 1 amide bonds. The molecule has 0 unspecified atom stereocenters. The Bertz CT molecular complexity index is 675. The van der Waals surface area contributed by atoms with Crippen molar-refractivity contribution in [3.8, 4) is 11.5 Å². The molecule has 132 valence electrons. The first kappa shape index (κ1) is 17.5. The van der Waals surface area contributed by atoms with Crippen LogP contribution in [0.15, 0.2) is 54.6 Å². The summed E-state index contributed by atoms with van der Waals surface area (Å²) in [7, 11) is 0. The molecule has 0 bridgehead atoms. The Morgan fingerprint density at radius 1 is 0.960 bits per heavy atom. The van der Waals surface area contributed by atoms with E-state index in [0.29, 0.717) is 17.2 Å². The molecule has 0 heterocycles. The van der Waals surface area contributed by atoms with Crippen LogP contribution in [0.25, 0.3) is 0 Å². The van der Waals surface area contributed by atoms with Gasteiger partial charge in [-0.3, -0.25) is 4.79 Å². The lowest BCUT2D eigenvalue weighted by atomic mass is 9.81. The van der Waals surface area contributed by atoms with E-state index in [0.717, 1.165) is 18.2 Å². The number of carbonyl (C=O) groups excluding carboxylic acids is 1. The smallest absolute Gasteiger partial charge is 0.255 e. The minimum Gasteiger partial charge on any atom is -0.457 e. The fourth-order valence-electron chi connectivity index (χ4n) is 3.53. The summed E-state index contributed by atoms with van der Waals surface area (Å²) in [6, 6.07) is 17.0. The van der Waals surface area contributed by atoms with Gasteiger partial charge in [0.1, 0.15) is 11.5 Å². The van der Waals surface area contributed by atoms with Gasteiger partial charge in [0.05, 0.1) is 5.56 Å². The predicted molar refractivity (Wildman–Crippen MR) is 101 cm³/mol. The maximum Gasteiger partial charge on any atom is 0.255 e. The zero-order valence-electron chi connectivity index (χ0n) is 14.9. The molecule has 1 aliphatic carbocycles. The molecule has 0 saturated heterocycles. The first-order chi connectivity index (χ1) is 12.3. The number of ether oxygens (including phenoxy) is 1. The van der Waals surface area contributed by atoms with Crippen molar-refractivity contribution in [2.24, 2.45) is 11.8 Å². The topological polar surface area (TPSA) is 38.3 Å². The summed E-state index contributed by atoms with van der Waals surface area (Å²) in [5.41, 5.74) is 0.591. The van der Waals surface area contributed by atoms with E-state index >= 15 is 0 Å². The SMILES string of the molecule is CCC1CCC(CNC(=O)c2ccccc2Oc2ccccc2)CC1. The van der Waals surface area contributed by atoms with Gasteiger partial charge in [-0.15, -0.1) is 0 Å². The highest BCUT2D eigenvalue weighted by molar-refractivity contribution is 5.97. The third kappa shape index (κ3) is 4.85. The number of amides is 1. The van der Waals surface area contributed by atoms with Gasteiger partial charge >= 0.3 is 0 Å². The van der Waals surface area contributed by atoms with Gasteiger partial charge in [-0.1, -0.05) is 56.5 Å². The molecule has 0 radical (unpaired) electrons. The monoisotopic (exact) mass is 337 g/mol. The first-order valence-corrected chi connectivity index (χ1v) is 9.36. The molecule has 0 spiro atoms. The van der Waals surface area contributed by atoms with E-state index in [4.69, 9.17) is 4.74 Å². The summed E-state index contributed by atoms with van der Waals surface area (Å²) >= 11 is 0. The Hall–Kier alpha value is -2.29. The number of carbonyl (C=O) groups is 1. The molecular weight excluding hydrogens is 310 g/mol. The molecule has 1 N–H and O–H groups in total. The third-order valence-electron chi connectivity index (χ3n) is 5.20. The van der Waals surface area contributed by atoms with Gasteiger partial charge in [0.25, 0.3) is 5.91 Å². The first-order valence-electron chi connectivity index (χ1n) is 9.36. The van der Waals surface area contributed by atoms with Gasteiger partial charge in [0.15, 0.2) is 0 Å². The molecular formula is C22H27NO2. The summed E-state index contributed by atoms with van der Waals surface area (Å²) in [5.74, 6) is 2.77. The van der Waals surface area contributed by atoms with Gasteiger partial charge in [0.2, 0.25) is 0 Å². The Balaban J connectivity index is 1.59. The van der Waals surface area contributed by atoms with Crippen molar-refractivity contribution in [1.82, 2.24) is 5.32 Å². The Labute approximate surface area is 150 Å². The number of rotatable bonds is 6. The lowest BCUT2D eigenvalue weighted by Gasteiger charge is -2.27. The Morgan fingerprint density at radius 2 is 1.60 bits per heavy atom. The van der Waals surface area contributed by atoms with Crippen molar-refractivity contribution in [1.29, 1.82) is 0 Å². The lowest BCUT2D eigenvalue weighted by Crippen LogP contribution is -2.31. The molecule has 1 aliphatic rings. The molecule has 0 aromatic heterocycles. The number of para-hydroxylation sites is 2. The number of benzene rings is 2. The maximum atomic E-state index is 12.6. The molecule has 1 saturated carbocycles. The molecule has 2 aromatic rings. The van der Waals surface area contributed by atoms with E-state index in [2.05, 4.69) is 12.2 Å². The van der Waals surface area contributed by atoms with Crippen LogP contribution in [-0.2, 0) is 0 Å². The van der Waals surface area contributed by atoms with Gasteiger partial charge < -0.3 is 10.1 Å². The Kier molecular flexibility index (Phi) is 6.10. The van der Waals surface area contributed by atoms with E-state index in [-0.39, 0.29) is 5.91 Å². The largest absolute Gasteiger partial charge is 0.457 e. The van der Waals surface area contributed by atoms with Crippen LogP contribution in [0.1, 0.15) is 49.4 Å². The van der Waals surface area contributed by atoms with E-state index in [1.807, 2.05) is 54.6 Å². The number of hydrogen-bond donors (Lipinski definition) is 1. The van der Waals surface area contributed by atoms with Crippen LogP contribution in [0.3, 0.4) is 0 Å². The second-order valence-corrected chi connectivity index (χ2v) is 6.92. The van der Waals surface area contributed by atoms with Crippen molar-refractivity contribution in [2.75, 3.05) is 6.54 Å². The van der Waals surface area contributed by atoms with Crippen molar-refractivity contribution < 1.29 is 9.53 Å².